The summed E-state index contributed by atoms with van der Waals surface area (Å²) in [6, 6.07) is 0.458. The van der Waals surface area contributed by atoms with Crippen LogP contribution in [-0.2, 0) is 9.47 Å². The first kappa shape index (κ1) is 15.2. The SMILES string of the molecule is CCCC1CC(CN)(N2CC(C)OCC2C)CCO1. The number of hydrogen-bond acceptors (Lipinski definition) is 4. The van der Waals surface area contributed by atoms with Gasteiger partial charge in [-0.3, -0.25) is 4.90 Å². The molecule has 2 N–H and O–H groups in total. The van der Waals surface area contributed by atoms with Crippen molar-refractivity contribution in [3.05, 3.63) is 0 Å². The van der Waals surface area contributed by atoms with Crippen molar-refractivity contribution in [2.45, 2.75) is 70.2 Å². The van der Waals surface area contributed by atoms with Gasteiger partial charge in [-0.25, -0.2) is 0 Å². The highest BCUT2D eigenvalue weighted by molar-refractivity contribution is 4.99. The summed E-state index contributed by atoms with van der Waals surface area (Å²) < 4.78 is 11.7. The summed E-state index contributed by atoms with van der Waals surface area (Å²) in [5.41, 5.74) is 6.32. The van der Waals surface area contributed by atoms with Gasteiger partial charge in [0.1, 0.15) is 0 Å². The van der Waals surface area contributed by atoms with E-state index in [1.54, 1.807) is 0 Å². The molecule has 0 aliphatic carbocycles. The van der Waals surface area contributed by atoms with E-state index in [1.165, 1.54) is 6.42 Å². The summed E-state index contributed by atoms with van der Waals surface area (Å²) in [4.78, 5) is 2.60. The first-order valence-electron chi connectivity index (χ1n) is 7.81. The summed E-state index contributed by atoms with van der Waals surface area (Å²) >= 11 is 0. The standard InChI is InChI=1S/C15H30N2O2/c1-4-5-14-8-15(11-16,6-7-18-14)17-9-13(3)19-10-12(17)2/h12-14H,4-11,16H2,1-3H3. The van der Waals surface area contributed by atoms with Gasteiger partial charge in [-0.05, 0) is 33.1 Å². The third-order valence-electron chi connectivity index (χ3n) is 4.74. The Morgan fingerprint density at radius 1 is 1.32 bits per heavy atom. The highest BCUT2D eigenvalue weighted by Gasteiger charge is 2.44. The number of hydrogen-bond donors (Lipinski definition) is 1. The average molecular weight is 270 g/mol. The molecule has 2 aliphatic rings. The van der Waals surface area contributed by atoms with E-state index in [4.69, 9.17) is 15.2 Å². The lowest BCUT2D eigenvalue weighted by Gasteiger charge is -2.53. The number of ether oxygens (including phenoxy) is 2. The van der Waals surface area contributed by atoms with E-state index in [2.05, 4.69) is 25.7 Å². The molecular weight excluding hydrogens is 240 g/mol. The molecule has 2 saturated heterocycles. The zero-order valence-electron chi connectivity index (χ0n) is 12.7. The van der Waals surface area contributed by atoms with Crippen LogP contribution in [0.5, 0.6) is 0 Å². The van der Waals surface area contributed by atoms with E-state index in [1.807, 2.05) is 0 Å². The maximum atomic E-state index is 6.20. The van der Waals surface area contributed by atoms with E-state index in [0.29, 0.717) is 18.2 Å². The number of nitrogens with two attached hydrogens (primary N) is 1. The van der Waals surface area contributed by atoms with Crippen molar-refractivity contribution in [3.63, 3.8) is 0 Å². The van der Waals surface area contributed by atoms with Crippen molar-refractivity contribution in [2.75, 3.05) is 26.3 Å². The molecule has 0 radical (unpaired) electrons. The largest absolute Gasteiger partial charge is 0.378 e. The zero-order chi connectivity index (χ0) is 13.9. The molecule has 0 amide bonds. The Labute approximate surface area is 117 Å². The number of nitrogens with zero attached hydrogens (tertiary/aromatic N) is 1. The molecule has 4 atom stereocenters. The van der Waals surface area contributed by atoms with E-state index in [-0.39, 0.29) is 5.54 Å². The Balaban J connectivity index is 2.11. The molecule has 0 aromatic heterocycles. The molecule has 0 bridgehead atoms. The smallest absolute Gasteiger partial charge is 0.0675 e. The maximum Gasteiger partial charge on any atom is 0.0675 e. The predicted molar refractivity (Wildman–Crippen MR) is 77.2 cm³/mol. The van der Waals surface area contributed by atoms with Gasteiger partial charge in [0.05, 0.1) is 18.8 Å². The van der Waals surface area contributed by atoms with Crippen molar-refractivity contribution in [2.24, 2.45) is 5.73 Å². The highest BCUT2D eigenvalue weighted by Crippen LogP contribution is 2.35. The minimum absolute atomic E-state index is 0.121. The van der Waals surface area contributed by atoms with Crippen molar-refractivity contribution >= 4 is 0 Å². The quantitative estimate of drug-likeness (QED) is 0.846. The Morgan fingerprint density at radius 3 is 2.79 bits per heavy atom. The second kappa shape index (κ2) is 6.53. The fourth-order valence-corrected chi connectivity index (χ4v) is 3.64. The van der Waals surface area contributed by atoms with Crippen LogP contribution in [-0.4, -0.2) is 55.0 Å². The first-order valence-corrected chi connectivity index (χ1v) is 7.81. The average Bonchev–Trinajstić information content (AvgIpc) is 2.42. The van der Waals surface area contributed by atoms with E-state index in [9.17, 15) is 0 Å². The maximum absolute atomic E-state index is 6.20. The third kappa shape index (κ3) is 3.30. The van der Waals surface area contributed by atoms with Gasteiger partial charge in [0, 0.05) is 31.3 Å². The molecule has 19 heavy (non-hydrogen) atoms. The first-order chi connectivity index (χ1) is 9.11. The summed E-state index contributed by atoms with van der Waals surface area (Å²) in [7, 11) is 0. The number of morpholine rings is 1. The summed E-state index contributed by atoms with van der Waals surface area (Å²) in [5.74, 6) is 0. The highest BCUT2D eigenvalue weighted by atomic mass is 16.5. The van der Waals surface area contributed by atoms with Crippen molar-refractivity contribution in [3.8, 4) is 0 Å². The topological polar surface area (TPSA) is 47.7 Å². The van der Waals surface area contributed by atoms with Crippen molar-refractivity contribution < 1.29 is 9.47 Å². The minimum atomic E-state index is 0.121. The van der Waals surface area contributed by atoms with Gasteiger partial charge in [0.2, 0.25) is 0 Å². The predicted octanol–water partition coefficient (Wildman–Crippen LogP) is 1.77. The fraction of sp³-hybridized carbons (Fsp3) is 1.00. The molecule has 4 unspecified atom stereocenters. The lowest BCUT2D eigenvalue weighted by atomic mass is 9.82. The molecule has 0 aromatic rings. The third-order valence-corrected chi connectivity index (χ3v) is 4.74. The van der Waals surface area contributed by atoms with Crippen LogP contribution in [0.25, 0.3) is 0 Å². The van der Waals surface area contributed by atoms with Crippen LogP contribution in [0.1, 0.15) is 46.5 Å². The molecule has 112 valence electrons. The molecule has 0 saturated carbocycles. The van der Waals surface area contributed by atoms with Crippen LogP contribution in [0, 0.1) is 0 Å². The molecule has 2 rings (SSSR count). The van der Waals surface area contributed by atoms with Crippen LogP contribution >= 0.6 is 0 Å². The summed E-state index contributed by atoms with van der Waals surface area (Å²) in [6.45, 7) is 10.0. The van der Waals surface area contributed by atoms with Gasteiger partial charge < -0.3 is 15.2 Å². The lowest BCUT2D eigenvalue weighted by Crippen LogP contribution is -2.65. The van der Waals surface area contributed by atoms with Crippen LogP contribution in [0.4, 0.5) is 0 Å². The molecule has 2 heterocycles. The normalized spacial score (nSPS) is 41.4. The second-order valence-corrected chi connectivity index (χ2v) is 6.31. The van der Waals surface area contributed by atoms with Crippen molar-refractivity contribution in [1.82, 2.24) is 4.90 Å². The minimum Gasteiger partial charge on any atom is -0.378 e. The van der Waals surface area contributed by atoms with Gasteiger partial charge in [0.25, 0.3) is 0 Å². The molecular formula is C15H30N2O2. The molecule has 4 heteroatoms. The van der Waals surface area contributed by atoms with E-state index in [0.717, 1.165) is 45.6 Å². The second-order valence-electron chi connectivity index (χ2n) is 6.31. The van der Waals surface area contributed by atoms with Crippen molar-refractivity contribution in [1.29, 1.82) is 0 Å². The fourth-order valence-electron chi connectivity index (χ4n) is 3.64. The monoisotopic (exact) mass is 270 g/mol. The molecule has 0 spiro atoms. The Morgan fingerprint density at radius 2 is 2.11 bits per heavy atom. The number of rotatable bonds is 4. The molecule has 4 nitrogen and oxygen atoms in total. The molecule has 2 aliphatic heterocycles. The Bertz CT molecular complexity index is 285. The van der Waals surface area contributed by atoms with Gasteiger partial charge in [0.15, 0.2) is 0 Å². The van der Waals surface area contributed by atoms with Crippen LogP contribution in [0.15, 0.2) is 0 Å². The Hall–Kier alpha value is -0.160. The van der Waals surface area contributed by atoms with Crippen LogP contribution < -0.4 is 5.73 Å². The van der Waals surface area contributed by atoms with Gasteiger partial charge in [-0.2, -0.15) is 0 Å². The molecule has 0 aromatic carbocycles. The lowest BCUT2D eigenvalue weighted by molar-refractivity contribution is -0.135. The Kier molecular flexibility index (Phi) is 5.23. The summed E-state index contributed by atoms with van der Waals surface area (Å²) in [5, 5.41) is 0. The van der Waals surface area contributed by atoms with Crippen LogP contribution in [0.2, 0.25) is 0 Å². The van der Waals surface area contributed by atoms with Gasteiger partial charge >= 0.3 is 0 Å². The van der Waals surface area contributed by atoms with Gasteiger partial charge in [-0.15, -0.1) is 0 Å². The van der Waals surface area contributed by atoms with E-state index < -0.39 is 0 Å². The zero-order valence-corrected chi connectivity index (χ0v) is 12.7. The van der Waals surface area contributed by atoms with Crippen LogP contribution in [0.3, 0.4) is 0 Å². The summed E-state index contributed by atoms with van der Waals surface area (Å²) in [6.07, 6.45) is 5.16. The van der Waals surface area contributed by atoms with Gasteiger partial charge in [-0.1, -0.05) is 13.3 Å². The van der Waals surface area contributed by atoms with E-state index >= 15 is 0 Å². The molecule has 2 fully saturated rings.